The Balaban J connectivity index is 1.38. The molecule has 0 radical (unpaired) electrons. The van der Waals surface area contributed by atoms with Gasteiger partial charge in [0.05, 0.1) is 12.9 Å². The first-order valence-electron chi connectivity index (χ1n) is 10.7. The second-order valence-electron chi connectivity index (χ2n) is 8.36. The van der Waals surface area contributed by atoms with Crippen LogP contribution < -0.4 is 5.32 Å². The number of aliphatic hydroxyl groups is 2. The number of H-pyrrole nitrogens is 1. The van der Waals surface area contributed by atoms with E-state index in [4.69, 9.17) is 30.6 Å². The summed E-state index contributed by atoms with van der Waals surface area (Å²) in [6, 6.07) is 7.51. The number of halogens is 1. The topological polar surface area (TPSA) is 225 Å². The molecule has 1 unspecified atom stereocenters. The predicted octanol–water partition coefficient (Wildman–Crippen LogP) is 1.66. The van der Waals surface area contributed by atoms with E-state index in [2.05, 4.69) is 25.3 Å². The fraction of sp³-hybridized carbons (Fsp3) is 0.316. The lowest BCUT2D eigenvalue weighted by atomic mass is 10.1. The normalized spacial score (nSPS) is 24.1. The molecule has 1 fully saturated rings. The van der Waals surface area contributed by atoms with Crippen LogP contribution in [0.2, 0.25) is 5.28 Å². The molecule has 1 aromatic carbocycles. The number of hydrogen-bond donors (Lipinski definition) is 7. The Kier molecular flexibility index (Phi) is 6.88. The molecule has 3 aromatic heterocycles. The zero-order chi connectivity index (χ0) is 26.5. The molecule has 1 saturated heterocycles. The van der Waals surface area contributed by atoms with Gasteiger partial charge in [-0.2, -0.15) is 9.97 Å². The van der Waals surface area contributed by atoms with E-state index in [-0.39, 0.29) is 22.3 Å². The Morgan fingerprint density at radius 2 is 1.95 bits per heavy atom. The highest BCUT2D eigenvalue weighted by atomic mass is 35.5. The van der Waals surface area contributed by atoms with Crippen LogP contribution in [0.25, 0.3) is 22.1 Å². The fourth-order valence-corrected chi connectivity index (χ4v) is 6.72. The molecule has 0 bridgehead atoms. The first-order chi connectivity index (χ1) is 17.4. The maximum Gasteiger partial charge on any atom is 0.340 e. The van der Waals surface area contributed by atoms with Gasteiger partial charge in [0, 0.05) is 22.8 Å². The number of aliphatic hydroxyl groups excluding tert-OH is 2. The van der Waals surface area contributed by atoms with Crippen molar-refractivity contribution in [2.24, 2.45) is 0 Å². The van der Waals surface area contributed by atoms with E-state index in [0.29, 0.717) is 5.69 Å². The van der Waals surface area contributed by atoms with Crippen LogP contribution in [0, 0.1) is 0 Å². The Bertz CT molecular complexity index is 1560. The van der Waals surface area contributed by atoms with E-state index >= 15 is 0 Å². The van der Waals surface area contributed by atoms with Crippen LogP contribution in [0.15, 0.2) is 36.8 Å². The number of anilines is 2. The van der Waals surface area contributed by atoms with Crippen molar-refractivity contribution >= 4 is 60.4 Å². The first kappa shape index (κ1) is 26.2. The molecule has 0 amide bonds. The van der Waals surface area contributed by atoms with Gasteiger partial charge in [0.15, 0.2) is 29.1 Å². The molecule has 15 nitrogen and oxygen atoms in total. The molecule has 5 rings (SSSR count). The monoisotopic (exact) mass is 574 g/mol. The van der Waals surface area contributed by atoms with Gasteiger partial charge < -0.3 is 44.5 Å². The summed E-state index contributed by atoms with van der Waals surface area (Å²) in [6.45, 7) is -0.723. The molecule has 4 heterocycles. The SMILES string of the molecule is O=P(O)(O)CP(=O)(O)OC[C@H]1O[C@@H](n2cnc3c(Nc4ccc5[nH]ccc5c4)nc(Cl)nc32)[C@@H](O)[C@H]1O. The summed E-state index contributed by atoms with van der Waals surface area (Å²) in [7, 11) is -9.53. The van der Waals surface area contributed by atoms with Crippen molar-refractivity contribution in [1.82, 2.24) is 24.5 Å². The number of aromatic nitrogens is 5. The number of benzene rings is 1. The molecule has 1 aliphatic rings. The van der Waals surface area contributed by atoms with Gasteiger partial charge in [0.25, 0.3) is 0 Å². The summed E-state index contributed by atoms with van der Waals surface area (Å²) >= 11 is 6.15. The van der Waals surface area contributed by atoms with E-state index in [1.165, 1.54) is 10.9 Å². The van der Waals surface area contributed by atoms with E-state index in [1.54, 1.807) is 0 Å². The maximum absolute atomic E-state index is 11.9. The lowest BCUT2D eigenvalue weighted by Crippen LogP contribution is -2.33. The van der Waals surface area contributed by atoms with Crippen LogP contribution >= 0.6 is 26.8 Å². The number of fused-ring (bicyclic) bond motifs is 2. The number of hydrogen-bond acceptors (Lipinski definition) is 10. The maximum atomic E-state index is 11.9. The lowest BCUT2D eigenvalue weighted by Gasteiger charge is -2.18. The largest absolute Gasteiger partial charge is 0.387 e. The van der Waals surface area contributed by atoms with Crippen molar-refractivity contribution < 1.29 is 43.3 Å². The summed E-state index contributed by atoms with van der Waals surface area (Å²) < 4.78 is 34.6. The van der Waals surface area contributed by atoms with Crippen LogP contribution in [0.1, 0.15) is 6.23 Å². The van der Waals surface area contributed by atoms with Crippen LogP contribution in [-0.2, 0) is 18.4 Å². The number of aromatic amines is 1. The van der Waals surface area contributed by atoms with Crippen molar-refractivity contribution in [3.63, 3.8) is 0 Å². The molecule has 7 N–H and O–H groups in total. The minimum atomic E-state index is -4.84. The molecule has 37 heavy (non-hydrogen) atoms. The summed E-state index contributed by atoms with van der Waals surface area (Å²) in [5.74, 6) is -1.13. The number of nitrogens with zero attached hydrogens (tertiary/aromatic N) is 4. The average Bonchev–Trinajstić information content (AvgIpc) is 3.49. The number of rotatable bonds is 8. The van der Waals surface area contributed by atoms with Gasteiger partial charge in [-0.3, -0.25) is 13.7 Å². The van der Waals surface area contributed by atoms with Crippen molar-refractivity contribution in [1.29, 1.82) is 0 Å². The van der Waals surface area contributed by atoms with Crippen molar-refractivity contribution in [3.05, 3.63) is 42.1 Å². The molecular formula is C19H21ClN6O9P2. The third-order valence-corrected chi connectivity index (χ3v) is 9.25. The van der Waals surface area contributed by atoms with E-state index in [0.717, 1.165) is 10.9 Å². The Labute approximate surface area is 212 Å². The molecule has 0 saturated carbocycles. The molecule has 5 atom stereocenters. The Morgan fingerprint density at radius 3 is 2.70 bits per heavy atom. The molecule has 1 aliphatic heterocycles. The van der Waals surface area contributed by atoms with Crippen molar-refractivity contribution in [2.45, 2.75) is 24.5 Å². The fourth-order valence-electron chi connectivity index (χ4n) is 3.99. The first-order valence-corrected chi connectivity index (χ1v) is 14.6. The van der Waals surface area contributed by atoms with Gasteiger partial charge in [-0.15, -0.1) is 0 Å². The van der Waals surface area contributed by atoms with E-state index in [1.807, 2.05) is 30.5 Å². The summed E-state index contributed by atoms with van der Waals surface area (Å²) in [5.41, 5.74) is 2.10. The van der Waals surface area contributed by atoms with Gasteiger partial charge in [-0.1, -0.05) is 0 Å². The van der Waals surface area contributed by atoms with Crippen LogP contribution in [0.5, 0.6) is 0 Å². The minimum absolute atomic E-state index is 0.133. The molecule has 0 aliphatic carbocycles. The van der Waals surface area contributed by atoms with Gasteiger partial charge in [-0.05, 0) is 35.9 Å². The third kappa shape index (κ3) is 5.56. The number of imidazole rings is 1. The zero-order valence-electron chi connectivity index (χ0n) is 18.6. The summed E-state index contributed by atoms with van der Waals surface area (Å²) in [6.07, 6.45) is -2.55. The highest BCUT2D eigenvalue weighted by Crippen LogP contribution is 2.55. The Morgan fingerprint density at radius 1 is 1.16 bits per heavy atom. The average molecular weight is 575 g/mol. The van der Waals surface area contributed by atoms with E-state index < -0.39 is 52.2 Å². The second kappa shape index (κ2) is 9.71. The van der Waals surface area contributed by atoms with Crippen molar-refractivity contribution in [2.75, 3.05) is 17.8 Å². The van der Waals surface area contributed by atoms with Crippen LogP contribution in [-0.4, -0.2) is 80.2 Å². The predicted molar refractivity (Wildman–Crippen MR) is 131 cm³/mol. The quantitative estimate of drug-likeness (QED) is 0.117. The van der Waals surface area contributed by atoms with Gasteiger partial charge in [0.2, 0.25) is 5.28 Å². The van der Waals surface area contributed by atoms with Gasteiger partial charge in [-0.25, -0.2) is 4.98 Å². The third-order valence-electron chi connectivity index (χ3n) is 5.63. The summed E-state index contributed by atoms with van der Waals surface area (Å²) in [5, 5.41) is 25.0. The molecule has 0 spiro atoms. The van der Waals surface area contributed by atoms with Gasteiger partial charge in [0.1, 0.15) is 18.3 Å². The lowest BCUT2D eigenvalue weighted by molar-refractivity contribution is -0.0483. The zero-order valence-corrected chi connectivity index (χ0v) is 21.2. The van der Waals surface area contributed by atoms with Crippen LogP contribution in [0.3, 0.4) is 0 Å². The second-order valence-corrected chi connectivity index (χ2v) is 12.7. The smallest absolute Gasteiger partial charge is 0.340 e. The standard InChI is InChI=1S/C19H21ClN6O9P2/c20-19-24-16(23-10-1-2-11-9(5-10)3-4-21-11)13-17(25-19)26(7-22-13)18-15(28)14(27)12(35-18)6-34-37(32,33)8-36(29,30)31/h1-5,7,12,14-15,18,21,27-28H,6,8H2,(H,32,33)(H,23,24,25)(H2,29,30,31)/t12-,14+,15+,18-/m1/s1. The highest BCUT2D eigenvalue weighted by molar-refractivity contribution is 7.70. The summed E-state index contributed by atoms with van der Waals surface area (Å²) in [4.78, 5) is 43.3. The van der Waals surface area contributed by atoms with E-state index in [9.17, 15) is 24.2 Å². The van der Waals surface area contributed by atoms with Crippen LogP contribution in [0.4, 0.5) is 11.5 Å². The number of ether oxygens (including phenoxy) is 1. The minimum Gasteiger partial charge on any atom is -0.387 e. The highest BCUT2D eigenvalue weighted by Gasteiger charge is 2.45. The Hall–Kier alpha value is -2.42. The van der Waals surface area contributed by atoms with Gasteiger partial charge >= 0.3 is 15.2 Å². The molecule has 18 heteroatoms. The molecular weight excluding hydrogens is 554 g/mol. The molecule has 4 aromatic rings. The number of nitrogens with one attached hydrogen (secondary N) is 2. The van der Waals surface area contributed by atoms with Crippen molar-refractivity contribution in [3.8, 4) is 0 Å². The molecule has 198 valence electrons.